The van der Waals surface area contributed by atoms with Gasteiger partial charge in [-0.3, -0.25) is 9.97 Å². The molecule has 3 aromatic heterocycles. The molecule has 0 unspecified atom stereocenters. The van der Waals surface area contributed by atoms with Crippen LogP contribution in [0.1, 0.15) is 31.9 Å². The number of aromatic nitrogens is 3. The fourth-order valence-corrected chi connectivity index (χ4v) is 5.75. The Hall–Kier alpha value is -4.60. The summed E-state index contributed by atoms with van der Waals surface area (Å²) in [4.78, 5) is 14.1. The van der Waals surface area contributed by atoms with Crippen molar-refractivity contribution in [1.29, 1.82) is 0 Å². The summed E-state index contributed by atoms with van der Waals surface area (Å²) in [6.07, 6.45) is 5.50. The third kappa shape index (κ3) is 5.33. The van der Waals surface area contributed by atoms with Gasteiger partial charge in [-0.25, -0.2) is 4.98 Å². The molecule has 0 amide bonds. The maximum atomic E-state index is 10.5. The Morgan fingerprint density at radius 1 is 0.750 bits per heavy atom. The zero-order valence-corrected chi connectivity index (χ0v) is 27.1. The van der Waals surface area contributed by atoms with Crippen LogP contribution in [0, 0.1) is 13.0 Å². The van der Waals surface area contributed by atoms with Crippen molar-refractivity contribution in [2.24, 2.45) is 0 Å². The molecule has 0 spiro atoms. The predicted molar refractivity (Wildman–Crippen MR) is 173 cm³/mol. The summed E-state index contributed by atoms with van der Waals surface area (Å²) in [5, 5.41) is 11.7. The third-order valence-electron chi connectivity index (χ3n) is 7.80. The number of aromatic hydroxyl groups is 1. The number of para-hydroxylation sites is 1. The Balaban J connectivity index is 0.00000343. The van der Waals surface area contributed by atoms with E-state index < -0.39 is 0 Å². The zero-order valence-electron chi connectivity index (χ0n) is 24.8. The molecule has 220 valence electrons. The number of benzene rings is 4. The molecule has 1 N–H and O–H groups in total. The molecule has 0 atom stereocenters. The van der Waals surface area contributed by atoms with E-state index in [2.05, 4.69) is 75.1 Å². The third-order valence-corrected chi connectivity index (χ3v) is 7.80. The molecule has 7 rings (SSSR count). The van der Waals surface area contributed by atoms with Crippen LogP contribution in [-0.2, 0) is 26.5 Å². The molecule has 0 aliphatic rings. The first-order valence-electron chi connectivity index (χ1n) is 14.3. The SMILES string of the molecule is Cc1cc(-c2[c-]c(-c3cc(-c4cccnc4)cc4oc(-c5ccccc5O)nc34)ccc2)c2nccc(C(C)(C)C)c2c1.[Pt]. The topological polar surface area (TPSA) is 72.0 Å². The first-order valence-corrected chi connectivity index (χ1v) is 14.3. The molecule has 0 saturated heterocycles. The Morgan fingerprint density at radius 3 is 2.25 bits per heavy atom. The van der Waals surface area contributed by atoms with Crippen LogP contribution in [0.5, 0.6) is 5.75 Å². The molecule has 0 aliphatic heterocycles. The van der Waals surface area contributed by atoms with Gasteiger partial charge in [-0.15, -0.1) is 35.4 Å². The summed E-state index contributed by atoms with van der Waals surface area (Å²) in [5.74, 6) is 0.475. The van der Waals surface area contributed by atoms with Gasteiger partial charge in [0, 0.05) is 45.2 Å². The van der Waals surface area contributed by atoms with E-state index in [1.807, 2.05) is 42.7 Å². The van der Waals surface area contributed by atoms with Gasteiger partial charge >= 0.3 is 0 Å². The Kier molecular flexibility index (Phi) is 7.69. The van der Waals surface area contributed by atoms with Crippen LogP contribution in [0.4, 0.5) is 0 Å². The van der Waals surface area contributed by atoms with Crippen molar-refractivity contribution >= 4 is 22.0 Å². The number of rotatable bonds is 4. The van der Waals surface area contributed by atoms with Crippen molar-refractivity contribution in [3.05, 3.63) is 121 Å². The maximum absolute atomic E-state index is 10.5. The van der Waals surface area contributed by atoms with Crippen LogP contribution in [0.25, 0.3) is 66.8 Å². The van der Waals surface area contributed by atoms with Gasteiger partial charge in [0.25, 0.3) is 0 Å². The number of fused-ring (bicyclic) bond motifs is 2. The molecule has 0 radical (unpaired) electrons. The molecule has 4 aromatic carbocycles. The van der Waals surface area contributed by atoms with Crippen LogP contribution in [-0.4, -0.2) is 20.1 Å². The van der Waals surface area contributed by atoms with Gasteiger partial charge in [0.15, 0.2) is 0 Å². The second kappa shape index (κ2) is 11.5. The van der Waals surface area contributed by atoms with Crippen LogP contribution in [0.3, 0.4) is 0 Å². The number of hydrogen-bond acceptors (Lipinski definition) is 5. The van der Waals surface area contributed by atoms with E-state index in [1.54, 1.807) is 24.4 Å². The largest absolute Gasteiger partial charge is 0.507 e. The summed E-state index contributed by atoms with van der Waals surface area (Å²) in [6.45, 7) is 8.83. The smallest absolute Gasteiger partial charge is 0.230 e. The molecule has 0 bridgehead atoms. The molecule has 44 heavy (non-hydrogen) atoms. The van der Waals surface area contributed by atoms with E-state index in [0.717, 1.165) is 44.3 Å². The van der Waals surface area contributed by atoms with Gasteiger partial charge in [0.2, 0.25) is 5.89 Å². The van der Waals surface area contributed by atoms with Crippen molar-refractivity contribution in [2.45, 2.75) is 33.1 Å². The van der Waals surface area contributed by atoms with Gasteiger partial charge in [-0.1, -0.05) is 73.9 Å². The quantitative estimate of drug-likeness (QED) is 0.181. The standard InChI is InChI=1S/C38H30N3O2.Pt/c1-23-17-29(35-31(18-23)32(14-16-40-35)38(2,3)4)24-9-7-10-25(19-24)30-20-27(26-11-8-15-39-22-26)21-34-36(30)41-37(43-34)28-12-5-6-13-33(28)42;/h5-18,20-22,42H,1-4H3;/q-1;. The number of pyridine rings is 2. The van der Waals surface area contributed by atoms with Gasteiger partial charge in [0.1, 0.15) is 11.3 Å². The second-order valence-electron chi connectivity index (χ2n) is 11.9. The Bertz CT molecular complexity index is 2150. The number of phenols is 1. The second-order valence-corrected chi connectivity index (χ2v) is 11.9. The minimum Gasteiger partial charge on any atom is -0.507 e. The van der Waals surface area contributed by atoms with Crippen LogP contribution >= 0.6 is 0 Å². The van der Waals surface area contributed by atoms with Crippen molar-refractivity contribution in [3.63, 3.8) is 0 Å². The van der Waals surface area contributed by atoms with E-state index in [4.69, 9.17) is 14.4 Å². The van der Waals surface area contributed by atoms with Crippen molar-refractivity contribution in [1.82, 2.24) is 15.0 Å². The summed E-state index contributed by atoms with van der Waals surface area (Å²) in [5.41, 5.74) is 10.9. The van der Waals surface area contributed by atoms with E-state index in [1.165, 1.54) is 11.1 Å². The number of phenolic OH excluding ortho intramolecular Hbond substituents is 1. The van der Waals surface area contributed by atoms with E-state index in [9.17, 15) is 5.11 Å². The fraction of sp³-hybridized carbons (Fsp3) is 0.132. The maximum Gasteiger partial charge on any atom is 0.230 e. The molecule has 6 heteroatoms. The van der Waals surface area contributed by atoms with Crippen molar-refractivity contribution in [3.8, 4) is 50.6 Å². The van der Waals surface area contributed by atoms with Crippen LogP contribution < -0.4 is 0 Å². The van der Waals surface area contributed by atoms with Gasteiger partial charge in [-0.05, 0) is 64.7 Å². The monoisotopic (exact) mass is 755 g/mol. The summed E-state index contributed by atoms with van der Waals surface area (Å²) >= 11 is 0. The first kappa shape index (κ1) is 29.5. The van der Waals surface area contributed by atoms with Gasteiger partial charge in [-0.2, -0.15) is 0 Å². The molecule has 0 fully saturated rings. The molecular formula is C38H30N3O2Pt-. The minimum absolute atomic E-state index is 0. The normalized spacial score (nSPS) is 11.5. The predicted octanol–water partition coefficient (Wildman–Crippen LogP) is 9.55. The Morgan fingerprint density at radius 2 is 1.52 bits per heavy atom. The molecule has 0 saturated carbocycles. The minimum atomic E-state index is -0.0198. The zero-order chi connectivity index (χ0) is 29.7. The molecular weight excluding hydrogens is 726 g/mol. The van der Waals surface area contributed by atoms with E-state index >= 15 is 0 Å². The van der Waals surface area contributed by atoms with E-state index in [-0.39, 0.29) is 32.2 Å². The van der Waals surface area contributed by atoms with Crippen LogP contribution in [0.2, 0.25) is 0 Å². The molecule has 5 nitrogen and oxygen atoms in total. The van der Waals surface area contributed by atoms with Crippen LogP contribution in [0.15, 0.2) is 108 Å². The van der Waals surface area contributed by atoms with E-state index in [0.29, 0.717) is 22.6 Å². The number of nitrogens with zero attached hydrogens (tertiary/aromatic N) is 3. The number of oxazole rings is 1. The van der Waals surface area contributed by atoms with Crippen molar-refractivity contribution in [2.75, 3.05) is 0 Å². The molecule has 7 aromatic rings. The molecule has 3 heterocycles. The van der Waals surface area contributed by atoms with Gasteiger partial charge in [0.05, 0.1) is 11.1 Å². The number of hydrogen-bond donors (Lipinski definition) is 1. The summed E-state index contributed by atoms with van der Waals surface area (Å²) in [6, 6.07) is 31.5. The fourth-order valence-electron chi connectivity index (χ4n) is 5.75. The van der Waals surface area contributed by atoms with Gasteiger partial charge < -0.3 is 9.52 Å². The number of aryl methyl sites for hydroxylation is 1. The summed E-state index contributed by atoms with van der Waals surface area (Å²) < 4.78 is 6.28. The average Bonchev–Trinajstić information content (AvgIpc) is 3.44. The summed E-state index contributed by atoms with van der Waals surface area (Å²) in [7, 11) is 0. The molecule has 0 aliphatic carbocycles. The Labute approximate surface area is 270 Å². The van der Waals surface area contributed by atoms with Crippen molar-refractivity contribution < 1.29 is 30.6 Å². The average molecular weight is 756 g/mol. The first-order chi connectivity index (χ1) is 20.8.